The molecule has 0 atom stereocenters. The van der Waals surface area contributed by atoms with Gasteiger partial charge in [-0.25, -0.2) is 4.98 Å². The third-order valence-corrected chi connectivity index (χ3v) is 1.96. The molecule has 0 amide bonds. The number of nitrogens with zero attached hydrogens (tertiary/aromatic N) is 2. The van der Waals surface area contributed by atoms with Gasteiger partial charge in [0.1, 0.15) is 11.3 Å². The molecule has 0 saturated heterocycles. The van der Waals surface area contributed by atoms with Gasteiger partial charge in [-0.3, -0.25) is 4.79 Å². The second-order valence-electron chi connectivity index (χ2n) is 3.15. The zero-order chi connectivity index (χ0) is 11.4. The van der Waals surface area contributed by atoms with E-state index in [0.717, 1.165) is 11.2 Å². The topological polar surface area (TPSA) is 34.4 Å². The van der Waals surface area contributed by atoms with E-state index in [2.05, 4.69) is 4.98 Å². The zero-order valence-corrected chi connectivity index (χ0v) is 9.61. The number of fused-ring (bicyclic) bond motifs is 1. The van der Waals surface area contributed by atoms with E-state index < -0.39 is 0 Å². The van der Waals surface area contributed by atoms with Crippen LogP contribution in [-0.4, -0.2) is 15.2 Å². The van der Waals surface area contributed by atoms with Gasteiger partial charge in [0.2, 0.25) is 0 Å². The maximum absolute atomic E-state index is 11.0. The van der Waals surface area contributed by atoms with Gasteiger partial charge in [-0.1, -0.05) is 19.9 Å². The molecule has 0 spiro atoms. The van der Waals surface area contributed by atoms with Crippen molar-refractivity contribution in [2.75, 3.05) is 0 Å². The Balaban J connectivity index is 0.000000531. The molecule has 0 aromatic carbocycles. The first-order chi connectivity index (χ1) is 7.16. The van der Waals surface area contributed by atoms with Crippen LogP contribution >= 0.6 is 0 Å². The molecule has 0 aliphatic rings. The van der Waals surface area contributed by atoms with Crippen LogP contribution in [0.3, 0.4) is 0 Å². The van der Waals surface area contributed by atoms with Crippen molar-refractivity contribution >= 4 is 11.4 Å². The fraction of sp³-hybridized carbons (Fsp3) is 0.333. The van der Waals surface area contributed by atoms with Crippen molar-refractivity contribution in [2.45, 2.75) is 27.7 Å². The molecular formula is C12H16N2O. The summed E-state index contributed by atoms with van der Waals surface area (Å²) in [6.07, 6.45) is 3.71. The van der Waals surface area contributed by atoms with Crippen LogP contribution in [0.25, 0.3) is 5.65 Å². The van der Waals surface area contributed by atoms with Crippen molar-refractivity contribution in [1.82, 2.24) is 9.38 Å². The number of imidazole rings is 1. The summed E-state index contributed by atoms with van der Waals surface area (Å²) in [6, 6.07) is 3.88. The molecule has 0 aliphatic carbocycles. The highest BCUT2D eigenvalue weighted by Gasteiger charge is 2.04. The van der Waals surface area contributed by atoms with Crippen molar-refractivity contribution in [1.29, 1.82) is 0 Å². The number of pyridine rings is 1. The molecule has 0 unspecified atom stereocenters. The summed E-state index contributed by atoms with van der Waals surface area (Å²) in [7, 11) is 0. The maximum atomic E-state index is 11.0. The van der Waals surface area contributed by atoms with Gasteiger partial charge < -0.3 is 4.40 Å². The minimum absolute atomic E-state index is 0.00125. The van der Waals surface area contributed by atoms with E-state index in [4.69, 9.17) is 0 Å². The molecule has 2 aromatic rings. The Labute approximate surface area is 89.8 Å². The number of hydrogen-bond acceptors (Lipinski definition) is 2. The van der Waals surface area contributed by atoms with Crippen LogP contribution < -0.4 is 0 Å². The average molecular weight is 204 g/mol. The van der Waals surface area contributed by atoms with Crippen molar-refractivity contribution in [3.05, 3.63) is 35.8 Å². The fourth-order valence-electron chi connectivity index (χ4n) is 1.27. The molecule has 0 fully saturated rings. The zero-order valence-electron chi connectivity index (χ0n) is 9.61. The summed E-state index contributed by atoms with van der Waals surface area (Å²) in [5, 5.41) is 0. The second kappa shape index (κ2) is 4.73. The smallest absolute Gasteiger partial charge is 0.179 e. The number of carbonyl (C=O) groups excluding carboxylic acids is 1. The predicted molar refractivity (Wildman–Crippen MR) is 61.3 cm³/mol. The van der Waals surface area contributed by atoms with Crippen molar-refractivity contribution in [3.8, 4) is 0 Å². The molecule has 15 heavy (non-hydrogen) atoms. The van der Waals surface area contributed by atoms with E-state index >= 15 is 0 Å². The van der Waals surface area contributed by atoms with Crippen LogP contribution in [0.5, 0.6) is 0 Å². The van der Waals surface area contributed by atoms with E-state index in [1.54, 1.807) is 6.20 Å². The van der Waals surface area contributed by atoms with E-state index in [1.165, 1.54) is 6.92 Å². The monoisotopic (exact) mass is 204 g/mol. The third kappa shape index (κ3) is 2.43. The van der Waals surface area contributed by atoms with E-state index in [9.17, 15) is 4.79 Å². The SMILES string of the molecule is CC.CC(=O)c1cn2cc(C)ccc2n1. The molecular weight excluding hydrogens is 188 g/mol. The number of rotatable bonds is 1. The molecule has 3 heteroatoms. The van der Waals surface area contributed by atoms with Gasteiger partial charge in [0.25, 0.3) is 0 Å². The summed E-state index contributed by atoms with van der Waals surface area (Å²) >= 11 is 0. The Morgan fingerprint density at radius 3 is 2.53 bits per heavy atom. The minimum atomic E-state index is 0.00125. The molecule has 0 aliphatic heterocycles. The van der Waals surface area contributed by atoms with Crippen LogP contribution in [0, 0.1) is 6.92 Å². The Bertz CT molecular complexity index is 471. The van der Waals surface area contributed by atoms with Gasteiger partial charge in [-0.2, -0.15) is 0 Å². The molecule has 2 heterocycles. The van der Waals surface area contributed by atoms with Crippen molar-refractivity contribution < 1.29 is 4.79 Å². The highest BCUT2D eigenvalue weighted by atomic mass is 16.1. The van der Waals surface area contributed by atoms with Gasteiger partial charge >= 0.3 is 0 Å². The van der Waals surface area contributed by atoms with Crippen molar-refractivity contribution in [3.63, 3.8) is 0 Å². The second-order valence-corrected chi connectivity index (χ2v) is 3.15. The number of carbonyl (C=O) groups is 1. The summed E-state index contributed by atoms with van der Waals surface area (Å²) in [5.41, 5.74) is 2.49. The van der Waals surface area contributed by atoms with Gasteiger partial charge in [0.15, 0.2) is 5.78 Å². The minimum Gasteiger partial charge on any atom is -0.306 e. The maximum Gasteiger partial charge on any atom is 0.179 e. The molecule has 0 N–H and O–H groups in total. The molecule has 0 radical (unpaired) electrons. The van der Waals surface area contributed by atoms with Gasteiger partial charge in [-0.15, -0.1) is 0 Å². The molecule has 2 rings (SSSR count). The van der Waals surface area contributed by atoms with Gasteiger partial charge in [0.05, 0.1) is 0 Å². The number of aromatic nitrogens is 2. The largest absolute Gasteiger partial charge is 0.306 e. The number of hydrogen-bond donors (Lipinski definition) is 0. The predicted octanol–water partition coefficient (Wildman–Crippen LogP) is 2.87. The molecule has 2 aromatic heterocycles. The molecule has 3 nitrogen and oxygen atoms in total. The fourth-order valence-corrected chi connectivity index (χ4v) is 1.27. The lowest BCUT2D eigenvalue weighted by atomic mass is 10.3. The Hall–Kier alpha value is -1.64. The van der Waals surface area contributed by atoms with Crippen LogP contribution in [0.15, 0.2) is 24.5 Å². The van der Waals surface area contributed by atoms with Gasteiger partial charge in [-0.05, 0) is 18.6 Å². The Morgan fingerprint density at radius 1 is 1.27 bits per heavy atom. The first-order valence-electron chi connectivity index (χ1n) is 5.13. The summed E-state index contributed by atoms with van der Waals surface area (Å²) in [5.74, 6) is 0.00125. The van der Waals surface area contributed by atoms with Gasteiger partial charge in [0, 0.05) is 19.3 Å². The first-order valence-corrected chi connectivity index (χ1v) is 5.13. The number of aryl methyl sites for hydroxylation is 1. The van der Waals surface area contributed by atoms with Crippen LogP contribution in [0.2, 0.25) is 0 Å². The summed E-state index contributed by atoms with van der Waals surface area (Å²) in [4.78, 5) is 15.2. The summed E-state index contributed by atoms with van der Waals surface area (Å²) < 4.78 is 1.87. The first kappa shape index (κ1) is 11.4. The lowest BCUT2D eigenvalue weighted by Gasteiger charge is -1.92. The van der Waals surface area contributed by atoms with Crippen LogP contribution in [0.4, 0.5) is 0 Å². The number of ketones is 1. The lowest BCUT2D eigenvalue weighted by molar-refractivity contribution is 0.101. The highest BCUT2D eigenvalue weighted by molar-refractivity contribution is 5.92. The van der Waals surface area contributed by atoms with E-state index in [1.807, 2.05) is 43.5 Å². The third-order valence-electron chi connectivity index (χ3n) is 1.96. The van der Waals surface area contributed by atoms with E-state index in [0.29, 0.717) is 5.69 Å². The Kier molecular flexibility index (Phi) is 3.61. The highest BCUT2D eigenvalue weighted by Crippen LogP contribution is 2.07. The standard InChI is InChI=1S/C10H10N2O.C2H6/c1-7-3-4-10-11-9(8(2)13)6-12(10)5-7;1-2/h3-6H,1-2H3;1-2H3. The molecule has 0 bridgehead atoms. The van der Waals surface area contributed by atoms with Crippen LogP contribution in [0.1, 0.15) is 36.8 Å². The van der Waals surface area contributed by atoms with Crippen molar-refractivity contribution in [2.24, 2.45) is 0 Å². The van der Waals surface area contributed by atoms with Crippen LogP contribution in [-0.2, 0) is 0 Å². The normalized spacial score (nSPS) is 9.60. The number of Topliss-reactive ketones (excluding diaryl/α,β-unsaturated/α-hetero) is 1. The Morgan fingerprint density at radius 2 is 1.93 bits per heavy atom. The molecule has 0 saturated carbocycles. The van der Waals surface area contributed by atoms with E-state index in [-0.39, 0.29) is 5.78 Å². The quantitative estimate of drug-likeness (QED) is 0.669. The molecule has 80 valence electrons. The average Bonchev–Trinajstić information content (AvgIpc) is 2.63. The lowest BCUT2D eigenvalue weighted by Crippen LogP contribution is -1.89. The summed E-state index contributed by atoms with van der Waals surface area (Å²) in [6.45, 7) is 7.53.